The molecule has 148 valence electrons. The topological polar surface area (TPSA) is 121 Å². The monoisotopic (exact) mass is 400 g/mol. The van der Waals surface area contributed by atoms with Crippen LogP contribution in [0.2, 0.25) is 0 Å². The Kier molecular flexibility index (Phi) is 5.13. The van der Waals surface area contributed by atoms with Gasteiger partial charge in [-0.3, -0.25) is 14.8 Å². The summed E-state index contributed by atoms with van der Waals surface area (Å²) in [6.45, 7) is 0. The smallest absolute Gasteiger partial charge is 0.187 e. The van der Waals surface area contributed by atoms with Crippen molar-refractivity contribution >= 4 is 17.3 Å². The number of hydrogen-bond acceptors (Lipinski definition) is 7. The Morgan fingerprint density at radius 3 is 2.50 bits per heavy atom. The van der Waals surface area contributed by atoms with Crippen molar-refractivity contribution in [1.82, 2.24) is 19.9 Å². The Morgan fingerprint density at radius 1 is 0.867 bits per heavy atom. The first-order valence-electron chi connectivity index (χ1n) is 9.08. The second-order valence-electron chi connectivity index (χ2n) is 6.58. The van der Waals surface area contributed by atoms with E-state index in [2.05, 4.69) is 19.9 Å². The van der Waals surface area contributed by atoms with Gasteiger partial charge in [-0.25, -0.2) is 14.4 Å². The van der Waals surface area contributed by atoms with Crippen molar-refractivity contribution in [3.8, 4) is 22.5 Å². The molecule has 0 radical (unpaired) electrons. The minimum absolute atomic E-state index is 0.0163. The van der Waals surface area contributed by atoms with Crippen LogP contribution in [0.1, 0.15) is 16.1 Å². The van der Waals surface area contributed by atoms with Crippen LogP contribution in [-0.2, 0) is 6.42 Å². The second-order valence-corrected chi connectivity index (χ2v) is 6.58. The number of pyridine rings is 2. The van der Waals surface area contributed by atoms with E-state index in [4.69, 9.17) is 11.5 Å². The summed E-state index contributed by atoms with van der Waals surface area (Å²) in [7, 11) is 0. The predicted molar refractivity (Wildman–Crippen MR) is 112 cm³/mol. The Morgan fingerprint density at radius 2 is 1.70 bits per heavy atom. The van der Waals surface area contributed by atoms with Gasteiger partial charge in [0.15, 0.2) is 5.78 Å². The zero-order valence-corrected chi connectivity index (χ0v) is 15.8. The van der Waals surface area contributed by atoms with Gasteiger partial charge in [0.25, 0.3) is 0 Å². The predicted octanol–water partition coefficient (Wildman–Crippen LogP) is 3.33. The highest BCUT2D eigenvalue weighted by Crippen LogP contribution is 2.26. The van der Waals surface area contributed by atoms with Crippen molar-refractivity contribution < 1.29 is 9.18 Å². The van der Waals surface area contributed by atoms with E-state index in [1.807, 2.05) is 0 Å². The molecule has 0 fully saturated rings. The van der Waals surface area contributed by atoms with E-state index >= 15 is 0 Å². The van der Waals surface area contributed by atoms with Crippen LogP contribution in [0, 0.1) is 5.82 Å². The molecule has 4 rings (SSSR count). The van der Waals surface area contributed by atoms with Gasteiger partial charge < -0.3 is 11.5 Å². The van der Waals surface area contributed by atoms with Crippen molar-refractivity contribution in [3.63, 3.8) is 0 Å². The van der Waals surface area contributed by atoms with Gasteiger partial charge in [-0.15, -0.1) is 0 Å². The molecule has 0 saturated carbocycles. The Hall–Kier alpha value is -4.20. The van der Waals surface area contributed by atoms with Crippen LogP contribution in [0.25, 0.3) is 22.5 Å². The van der Waals surface area contributed by atoms with Crippen molar-refractivity contribution in [3.05, 3.63) is 84.3 Å². The van der Waals surface area contributed by atoms with Gasteiger partial charge >= 0.3 is 0 Å². The number of anilines is 2. The lowest BCUT2D eigenvalue weighted by molar-refractivity contribution is 0.0989. The van der Waals surface area contributed by atoms with Crippen LogP contribution >= 0.6 is 0 Å². The standard InChI is InChI=1S/C22H17FN6O/c23-16-4-2-1-3-15(16)18-6-5-17(24)22(29-18)20(30)9-13-10-26-8-7-14(13)19-11-27-12-21(25)28-19/h1-8,10-12H,9,24H2,(H2,25,28). The first kappa shape index (κ1) is 19.1. The van der Waals surface area contributed by atoms with Gasteiger partial charge in [0, 0.05) is 29.9 Å². The van der Waals surface area contributed by atoms with Gasteiger partial charge in [-0.1, -0.05) is 12.1 Å². The zero-order valence-electron chi connectivity index (χ0n) is 15.8. The molecule has 0 aliphatic heterocycles. The maximum absolute atomic E-state index is 14.1. The minimum atomic E-state index is -0.428. The molecule has 0 saturated heterocycles. The molecule has 3 aromatic heterocycles. The van der Waals surface area contributed by atoms with Crippen LogP contribution in [0.15, 0.2) is 67.3 Å². The normalized spacial score (nSPS) is 10.7. The van der Waals surface area contributed by atoms with Gasteiger partial charge in [0.2, 0.25) is 0 Å². The van der Waals surface area contributed by atoms with Crippen molar-refractivity contribution in [2.75, 3.05) is 11.5 Å². The van der Waals surface area contributed by atoms with Crippen LogP contribution in [-0.4, -0.2) is 25.7 Å². The number of ketones is 1. The van der Waals surface area contributed by atoms with Gasteiger partial charge in [-0.05, 0) is 35.9 Å². The average molecular weight is 400 g/mol. The first-order chi connectivity index (χ1) is 14.5. The Bertz CT molecular complexity index is 1240. The number of rotatable bonds is 5. The summed E-state index contributed by atoms with van der Waals surface area (Å²) in [6, 6.07) is 11.1. The fraction of sp³-hybridized carbons (Fsp3) is 0.0455. The number of hydrogen-bond donors (Lipinski definition) is 2. The average Bonchev–Trinajstić information content (AvgIpc) is 2.75. The highest BCUT2D eigenvalue weighted by molar-refractivity contribution is 6.01. The highest BCUT2D eigenvalue weighted by Gasteiger charge is 2.18. The summed E-state index contributed by atoms with van der Waals surface area (Å²) in [5.41, 5.74) is 14.5. The fourth-order valence-corrected chi connectivity index (χ4v) is 3.10. The molecule has 4 aromatic rings. The maximum Gasteiger partial charge on any atom is 0.187 e. The number of nitrogen functional groups attached to an aromatic ring is 2. The molecule has 8 heteroatoms. The number of carbonyl (C=O) groups excluding carboxylic acids is 1. The molecule has 0 aliphatic rings. The van der Waals surface area contributed by atoms with E-state index in [1.54, 1.807) is 55.0 Å². The van der Waals surface area contributed by atoms with Crippen LogP contribution < -0.4 is 11.5 Å². The van der Waals surface area contributed by atoms with E-state index in [-0.39, 0.29) is 29.4 Å². The molecule has 0 aliphatic carbocycles. The number of aromatic nitrogens is 4. The summed E-state index contributed by atoms with van der Waals surface area (Å²) in [6.07, 6.45) is 6.16. The molecular weight excluding hydrogens is 383 g/mol. The largest absolute Gasteiger partial charge is 0.397 e. The number of nitrogens with two attached hydrogens (primary N) is 2. The minimum Gasteiger partial charge on any atom is -0.397 e. The molecule has 0 amide bonds. The molecule has 7 nitrogen and oxygen atoms in total. The first-order valence-corrected chi connectivity index (χ1v) is 9.08. The summed E-state index contributed by atoms with van der Waals surface area (Å²) in [5.74, 6) is -0.482. The van der Waals surface area contributed by atoms with Crippen LogP contribution in [0.4, 0.5) is 15.9 Å². The second kappa shape index (κ2) is 8.04. The van der Waals surface area contributed by atoms with Gasteiger partial charge in [0.1, 0.15) is 17.3 Å². The van der Waals surface area contributed by atoms with Crippen molar-refractivity contribution in [1.29, 1.82) is 0 Å². The molecule has 0 unspecified atom stereocenters. The molecule has 0 spiro atoms. The summed E-state index contributed by atoms with van der Waals surface area (Å²) in [4.78, 5) is 29.8. The summed E-state index contributed by atoms with van der Waals surface area (Å²) in [5, 5.41) is 0. The summed E-state index contributed by atoms with van der Waals surface area (Å²) >= 11 is 0. The number of carbonyl (C=O) groups is 1. The summed E-state index contributed by atoms with van der Waals surface area (Å²) < 4.78 is 14.1. The van der Waals surface area contributed by atoms with Crippen molar-refractivity contribution in [2.24, 2.45) is 0 Å². The molecular formula is C22H17FN6O. The maximum atomic E-state index is 14.1. The van der Waals surface area contributed by atoms with Crippen LogP contribution in [0.5, 0.6) is 0 Å². The molecule has 0 atom stereocenters. The van der Waals surface area contributed by atoms with E-state index in [9.17, 15) is 9.18 Å². The fourth-order valence-electron chi connectivity index (χ4n) is 3.10. The molecule has 0 bridgehead atoms. The number of halogens is 1. The highest BCUT2D eigenvalue weighted by atomic mass is 19.1. The third kappa shape index (κ3) is 3.83. The third-order valence-electron chi connectivity index (χ3n) is 4.52. The Balaban J connectivity index is 1.69. The van der Waals surface area contributed by atoms with E-state index in [0.717, 1.165) is 0 Å². The molecule has 30 heavy (non-hydrogen) atoms. The van der Waals surface area contributed by atoms with Crippen LogP contribution in [0.3, 0.4) is 0 Å². The van der Waals surface area contributed by atoms with E-state index in [0.29, 0.717) is 28.1 Å². The number of nitrogens with zero attached hydrogens (tertiary/aromatic N) is 4. The van der Waals surface area contributed by atoms with Gasteiger partial charge in [0.05, 0.1) is 29.5 Å². The quantitative estimate of drug-likeness (QED) is 0.493. The zero-order chi connectivity index (χ0) is 21.1. The number of benzene rings is 1. The molecule has 3 heterocycles. The number of Topliss-reactive ketones (excluding diaryl/α,β-unsaturated/α-hetero) is 1. The third-order valence-corrected chi connectivity index (χ3v) is 4.52. The molecule has 1 aromatic carbocycles. The van der Waals surface area contributed by atoms with Gasteiger partial charge in [-0.2, -0.15) is 0 Å². The van der Waals surface area contributed by atoms with E-state index < -0.39 is 5.82 Å². The lowest BCUT2D eigenvalue weighted by Crippen LogP contribution is -2.11. The van der Waals surface area contributed by atoms with E-state index in [1.165, 1.54) is 12.3 Å². The lowest BCUT2D eigenvalue weighted by atomic mass is 10.00. The lowest BCUT2D eigenvalue weighted by Gasteiger charge is -2.10. The SMILES string of the molecule is Nc1cncc(-c2ccncc2CC(=O)c2nc(-c3ccccc3F)ccc2N)n1. The molecule has 4 N–H and O–H groups in total. The Labute approximate surface area is 171 Å². The van der Waals surface area contributed by atoms with Crippen molar-refractivity contribution in [2.45, 2.75) is 6.42 Å².